The number of amides is 1. The summed E-state index contributed by atoms with van der Waals surface area (Å²) in [5, 5.41) is 18.1. The second-order valence-electron chi connectivity index (χ2n) is 5.97. The van der Waals surface area contributed by atoms with E-state index in [1.54, 1.807) is 24.4 Å². The Labute approximate surface area is 161 Å². The monoisotopic (exact) mass is 374 g/mol. The first kappa shape index (κ1) is 17.5. The maximum Gasteiger partial charge on any atom is 0.287 e. The van der Waals surface area contributed by atoms with Crippen LogP contribution in [0.15, 0.2) is 71.3 Å². The molecule has 3 heterocycles. The fraction of sp³-hybridized carbons (Fsp3) is 0.100. The lowest BCUT2D eigenvalue weighted by molar-refractivity contribution is 0.0929. The molecule has 0 atom stereocenters. The molecule has 0 unspecified atom stereocenters. The minimum Gasteiger partial charge on any atom is -0.451 e. The minimum atomic E-state index is -0.251. The van der Waals surface area contributed by atoms with Crippen LogP contribution in [0.25, 0.3) is 11.0 Å². The Morgan fingerprint density at radius 2 is 1.71 bits per heavy atom. The third kappa shape index (κ3) is 4.24. The van der Waals surface area contributed by atoms with E-state index < -0.39 is 0 Å². The number of para-hydroxylation sites is 1. The fourth-order valence-electron chi connectivity index (χ4n) is 2.61. The molecule has 1 aromatic carbocycles. The zero-order valence-corrected chi connectivity index (χ0v) is 14.9. The molecule has 0 aliphatic carbocycles. The summed E-state index contributed by atoms with van der Waals surface area (Å²) < 4.78 is 5.54. The molecule has 4 aromatic rings. The van der Waals surface area contributed by atoms with Gasteiger partial charge in [0.15, 0.2) is 11.6 Å². The Kier molecular flexibility index (Phi) is 5.10. The molecule has 0 radical (unpaired) electrons. The largest absolute Gasteiger partial charge is 0.451 e. The van der Waals surface area contributed by atoms with Gasteiger partial charge in [0, 0.05) is 24.7 Å². The van der Waals surface area contributed by atoms with Crippen molar-refractivity contribution in [3.05, 3.63) is 72.6 Å². The molecule has 3 N–H and O–H groups in total. The standard InChI is InChI=1S/C20H18N6O2/c27-20(16-13-14-5-1-2-6-15(14)28-16)23-12-11-22-18-8-9-19(26-25-18)24-17-7-3-4-10-21-17/h1-10,13H,11-12H2,(H,22,25)(H,23,27)(H,21,24,26). The molecule has 0 aliphatic rings. The van der Waals surface area contributed by atoms with Crippen LogP contribution < -0.4 is 16.0 Å². The summed E-state index contributed by atoms with van der Waals surface area (Å²) in [6.07, 6.45) is 1.70. The molecule has 0 aliphatic heterocycles. The van der Waals surface area contributed by atoms with Crippen LogP contribution in [0.4, 0.5) is 17.5 Å². The number of benzene rings is 1. The molecule has 0 saturated carbocycles. The summed E-state index contributed by atoms with van der Waals surface area (Å²) in [6.45, 7) is 0.930. The molecule has 3 aromatic heterocycles. The maximum absolute atomic E-state index is 12.2. The van der Waals surface area contributed by atoms with Gasteiger partial charge in [-0.3, -0.25) is 4.79 Å². The fourth-order valence-corrected chi connectivity index (χ4v) is 2.61. The van der Waals surface area contributed by atoms with Gasteiger partial charge in [0.25, 0.3) is 5.91 Å². The van der Waals surface area contributed by atoms with Gasteiger partial charge in [0.2, 0.25) is 0 Å². The summed E-state index contributed by atoms with van der Waals surface area (Å²) >= 11 is 0. The Hall–Kier alpha value is -3.94. The van der Waals surface area contributed by atoms with E-state index in [9.17, 15) is 4.79 Å². The maximum atomic E-state index is 12.2. The van der Waals surface area contributed by atoms with Crippen LogP contribution >= 0.6 is 0 Å². The molecule has 0 bridgehead atoms. The minimum absolute atomic E-state index is 0.251. The highest BCUT2D eigenvalue weighted by atomic mass is 16.3. The lowest BCUT2D eigenvalue weighted by atomic mass is 10.2. The molecular formula is C20H18N6O2. The summed E-state index contributed by atoms with van der Waals surface area (Å²) in [7, 11) is 0. The van der Waals surface area contributed by atoms with Crippen molar-refractivity contribution in [3.63, 3.8) is 0 Å². The van der Waals surface area contributed by atoms with Crippen LogP contribution in [0.2, 0.25) is 0 Å². The first-order valence-electron chi connectivity index (χ1n) is 8.80. The van der Waals surface area contributed by atoms with Crippen LogP contribution in [-0.2, 0) is 0 Å². The molecule has 4 rings (SSSR count). The summed E-state index contributed by atoms with van der Waals surface area (Å²) in [6, 6.07) is 18.4. The Morgan fingerprint density at radius 1 is 0.893 bits per heavy atom. The predicted molar refractivity (Wildman–Crippen MR) is 107 cm³/mol. The second kappa shape index (κ2) is 8.17. The molecular weight excluding hydrogens is 356 g/mol. The number of hydrogen-bond donors (Lipinski definition) is 3. The number of nitrogens with one attached hydrogen (secondary N) is 3. The molecule has 0 spiro atoms. The molecule has 0 saturated heterocycles. The zero-order valence-electron chi connectivity index (χ0n) is 14.9. The zero-order chi connectivity index (χ0) is 19.2. The number of rotatable bonds is 7. The SMILES string of the molecule is O=C(NCCNc1ccc(Nc2ccccn2)nn1)c1cc2ccccc2o1. The van der Waals surface area contributed by atoms with Crippen molar-refractivity contribution in [1.29, 1.82) is 0 Å². The number of carbonyl (C=O) groups is 1. The average molecular weight is 374 g/mol. The van der Waals surface area contributed by atoms with Gasteiger partial charge in [-0.05, 0) is 36.4 Å². The highest BCUT2D eigenvalue weighted by Crippen LogP contribution is 2.18. The van der Waals surface area contributed by atoms with Gasteiger partial charge in [-0.25, -0.2) is 4.98 Å². The normalized spacial score (nSPS) is 10.6. The third-order valence-electron chi connectivity index (χ3n) is 3.95. The summed E-state index contributed by atoms with van der Waals surface area (Å²) in [5.74, 6) is 1.96. The number of fused-ring (bicyclic) bond motifs is 1. The van der Waals surface area contributed by atoms with Gasteiger partial charge in [-0.15, -0.1) is 10.2 Å². The van der Waals surface area contributed by atoms with E-state index in [4.69, 9.17) is 4.42 Å². The number of pyridine rings is 1. The summed E-state index contributed by atoms with van der Waals surface area (Å²) in [5.41, 5.74) is 0.695. The Morgan fingerprint density at radius 3 is 2.50 bits per heavy atom. The summed E-state index contributed by atoms with van der Waals surface area (Å²) in [4.78, 5) is 16.3. The topological polar surface area (TPSA) is 105 Å². The highest BCUT2D eigenvalue weighted by Gasteiger charge is 2.11. The first-order valence-corrected chi connectivity index (χ1v) is 8.80. The van der Waals surface area contributed by atoms with Crippen molar-refractivity contribution in [2.75, 3.05) is 23.7 Å². The molecule has 28 heavy (non-hydrogen) atoms. The van der Waals surface area contributed by atoms with Gasteiger partial charge < -0.3 is 20.4 Å². The van der Waals surface area contributed by atoms with Gasteiger partial charge in [-0.2, -0.15) is 0 Å². The number of anilines is 3. The quantitative estimate of drug-likeness (QED) is 0.427. The van der Waals surface area contributed by atoms with E-state index in [2.05, 4.69) is 31.1 Å². The van der Waals surface area contributed by atoms with E-state index in [1.165, 1.54) is 0 Å². The average Bonchev–Trinajstić information content (AvgIpc) is 3.17. The van der Waals surface area contributed by atoms with Crippen molar-refractivity contribution >= 4 is 34.3 Å². The van der Waals surface area contributed by atoms with Gasteiger partial charge >= 0.3 is 0 Å². The second-order valence-corrected chi connectivity index (χ2v) is 5.97. The molecule has 0 fully saturated rings. The van der Waals surface area contributed by atoms with Crippen molar-refractivity contribution in [2.45, 2.75) is 0 Å². The number of furan rings is 1. The smallest absolute Gasteiger partial charge is 0.287 e. The molecule has 1 amide bonds. The highest BCUT2D eigenvalue weighted by molar-refractivity contribution is 5.96. The van der Waals surface area contributed by atoms with Gasteiger partial charge in [-0.1, -0.05) is 24.3 Å². The lowest BCUT2D eigenvalue weighted by Gasteiger charge is -2.07. The van der Waals surface area contributed by atoms with Crippen LogP contribution in [0.1, 0.15) is 10.6 Å². The van der Waals surface area contributed by atoms with E-state index in [0.717, 1.165) is 5.39 Å². The number of aromatic nitrogens is 3. The van der Waals surface area contributed by atoms with Gasteiger partial charge in [0.05, 0.1) is 0 Å². The van der Waals surface area contributed by atoms with Crippen molar-refractivity contribution < 1.29 is 9.21 Å². The van der Waals surface area contributed by atoms with E-state index in [1.807, 2.05) is 42.5 Å². The molecule has 140 valence electrons. The number of nitrogens with zero attached hydrogens (tertiary/aromatic N) is 3. The third-order valence-corrected chi connectivity index (χ3v) is 3.95. The van der Waals surface area contributed by atoms with E-state index in [0.29, 0.717) is 41.9 Å². The molecule has 8 nitrogen and oxygen atoms in total. The Balaban J connectivity index is 1.24. The Bertz CT molecular complexity index is 1030. The first-order chi connectivity index (χ1) is 13.8. The predicted octanol–water partition coefficient (Wildman–Crippen LogP) is 3.20. The van der Waals surface area contributed by atoms with E-state index in [-0.39, 0.29) is 5.91 Å². The van der Waals surface area contributed by atoms with Crippen molar-refractivity contribution in [3.8, 4) is 0 Å². The van der Waals surface area contributed by atoms with Crippen LogP contribution in [0.5, 0.6) is 0 Å². The van der Waals surface area contributed by atoms with Crippen LogP contribution in [0, 0.1) is 0 Å². The van der Waals surface area contributed by atoms with Crippen LogP contribution in [0.3, 0.4) is 0 Å². The van der Waals surface area contributed by atoms with E-state index >= 15 is 0 Å². The number of carbonyl (C=O) groups excluding carboxylic acids is 1. The number of hydrogen-bond acceptors (Lipinski definition) is 7. The van der Waals surface area contributed by atoms with Crippen molar-refractivity contribution in [1.82, 2.24) is 20.5 Å². The van der Waals surface area contributed by atoms with Crippen molar-refractivity contribution in [2.24, 2.45) is 0 Å². The van der Waals surface area contributed by atoms with Crippen LogP contribution in [-0.4, -0.2) is 34.2 Å². The molecule has 8 heteroatoms. The van der Waals surface area contributed by atoms with Gasteiger partial charge in [0.1, 0.15) is 17.2 Å². The lowest BCUT2D eigenvalue weighted by Crippen LogP contribution is -2.28.